The van der Waals surface area contributed by atoms with Gasteiger partial charge in [-0.25, -0.2) is 0 Å². The number of imide groups is 1. The molecule has 2 rings (SSSR count). The third-order valence-corrected chi connectivity index (χ3v) is 4.69. The van der Waals surface area contributed by atoms with E-state index in [-0.39, 0.29) is 22.6 Å². The summed E-state index contributed by atoms with van der Waals surface area (Å²) in [4.78, 5) is 26.4. The van der Waals surface area contributed by atoms with Crippen LogP contribution in [0.3, 0.4) is 0 Å². The maximum atomic E-state index is 12.7. The second-order valence-electron chi connectivity index (χ2n) is 7.02. The Morgan fingerprint density at radius 1 is 1.16 bits per heavy atom. The van der Waals surface area contributed by atoms with Crippen LogP contribution < -0.4 is 5.73 Å². The molecular weight excluding hydrogens is 240 g/mol. The van der Waals surface area contributed by atoms with Gasteiger partial charge in [-0.05, 0) is 24.8 Å². The average molecular weight is 266 g/mol. The first-order valence-corrected chi connectivity index (χ1v) is 7.45. The maximum Gasteiger partial charge on any atom is 0.235 e. The summed E-state index contributed by atoms with van der Waals surface area (Å²) in [6, 6.07) is 0. The fourth-order valence-electron chi connectivity index (χ4n) is 3.31. The minimum absolute atomic E-state index is 0.00780. The minimum Gasteiger partial charge on any atom is -0.330 e. The number of carbonyl (C=O) groups excluding carboxylic acids is 2. The van der Waals surface area contributed by atoms with Gasteiger partial charge < -0.3 is 5.73 Å². The van der Waals surface area contributed by atoms with Crippen molar-refractivity contribution >= 4 is 11.8 Å². The zero-order valence-electron chi connectivity index (χ0n) is 12.2. The van der Waals surface area contributed by atoms with Gasteiger partial charge in [0.1, 0.15) is 0 Å². The highest BCUT2D eigenvalue weighted by atomic mass is 16.2. The number of hydrogen-bond donors (Lipinski definition) is 1. The molecule has 0 aromatic heterocycles. The molecule has 1 aliphatic heterocycles. The normalized spacial score (nSPS) is 24.1. The van der Waals surface area contributed by atoms with E-state index in [0.29, 0.717) is 19.5 Å². The lowest BCUT2D eigenvalue weighted by atomic mass is 9.79. The van der Waals surface area contributed by atoms with Crippen LogP contribution in [-0.2, 0) is 9.59 Å². The fourth-order valence-corrected chi connectivity index (χ4v) is 3.31. The van der Waals surface area contributed by atoms with Crippen LogP contribution >= 0.6 is 0 Å². The molecule has 0 aromatic carbocycles. The topological polar surface area (TPSA) is 63.4 Å². The van der Waals surface area contributed by atoms with Crippen LogP contribution in [0, 0.1) is 10.8 Å². The quantitative estimate of drug-likeness (QED) is 0.795. The first-order chi connectivity index (χ1) is 8.90. The molecule has 0 radical (unpaired) electrons. The van der Waals surface area contributed by atoms with Gasteiger partial charge in [0, 0.05) is 13.0 Å². The molecule has 2 amide bonds. The molecule has 4 nitrogen and oxygen atoms in total. The highest BCUT2D eigenvalue weighted by molar-refractivity contribution is 6.05. The minimum atomic E-state index is -0.377. The van der Waals surface area contributed by atoms with Gasteiger partial charge in [-0.3, -0.25) is 14.5 Å². The number of carbonyl (C=O) groups is 2. The Labute approximate surface area is 115 Å². The van der Waals surface area contributed by atoms with Gasteiger partial charge >= 0.3 is 0 Å². The van der Waals surface area contributed by atoms with Crippen LogP contribution in [0.5, 0.6) is 0 Å². The van der Waals surface area contributed by atoms with Crippen molar-refractivity contribution in [3.05, 3.63) is 0 Å². The summed E-state index contributed by atoms with van der Waals surface area (Å²) in [6.45, 7) is 4.96. The molecule has 0 atom stereocenters. The number of rotatable bonds is 3. The number of likely N-dealkylation sites (tertiary alicyclic amines) is 1. The van der Waals surface area contributed by atoms with E-state index in [0.717, 1.165) is 25.7 Å². The van der Waals surface area contributed by atoms with E-state index in [1.807, 2.05) is 13.8 Å². The Kier molecular flexibility index (Phi) is 4.00. The van der Waals surface area contributed by atoms with E-state index in [1.54, 1.807) is 0 Å². The number of amides is 2. The molecule has 0 aromatic rings. The van der Waals surface area contributed by atoms with Crippen molar-refractivity contribution in [3.8, 4) is 0 Å². The van der Waals surface area contributed by atoms with Crippen molar-refractivity contribution < 1.29 is 9.59 Å². The molecule has 2 aliphatic rings. The van der Waals surface area contributed by atoms with E-state index < -0.39 is 0 Å². The van der Waals surface area contributed by atoms with Crippen LogP contribution in [0.25, 0.3) is 0 Å². The molecule has 4 heteroatoms. The Morgan fingerprint density at radius 2 is 1.74 bits per heavy atom. The first kappa shape index (κ1) is 14.5. The van der Waals surface area contributed by atoms with E-state index >= 15 is 0 Å². The van der Waals surface area contributed by atoms with E-state index in [2.05, 4.69) is 0 Å². The second kappa shape index (κ2) is 5.23. The van der Waals surface area contributed by atoms with Gasteiger partial charge in [-0.1, -0.05) is 39.5 Å². The molecule has 2 N–H and O–H groups in total. The predicted molar refractivity (Wildman–Crippen MR) is 74.3 cm³/mol. The predicted octanol–water partition coefficient (Wildman–Crippen LogP) is 2.07. The summed E-state index contributed by atoms with van der Waals surface area (Å²) in [7, 11) is 0. The molecule has 19 heavy (non-hydrogen) atoms. The zero-order chi connectivity index (χ0) is 14.1. The van der Waals surface area contributed by atoms with Gasteiger partial charge in [0.2, 0.25) is 11.8 Å². The summed E-state index contributed by atoms with van der Waals surface area (Å²) in [5.74, 6) is 0.0781. The lowest BCUT2D eigenvalue weighted by molar-refractivity contribution is -0.143. The highest BCUT2D eigenvalue weighted by Crippen LogP contribution is 2.44. The molecule has 1 aliphatic carbocycles. The van der Waals surface area contributed by atoms with Crippen molar-refractivity contribution in [1.29, 1.82) is 0 Å². The van der Waals surface area contributed by atoms with Gasteiger partial charge in [0.15, 0.2) is 0 Å². The molecular formula is C15H26N2O2. The summed E-state index contributed by atoms with van der Waals surface area (Å²) < 4.78 is 0. The molecule has 1 spiro atoms. The molecule has 0 unspecified atom stereocenters. The van der Waals surface area contributed by atoms with Crippen molar-refractivity contribution in [3.63, 3.8) is 0 Å². The van der Waals surface area contributed by atoms with Crippen LogP contribution in [0.15, 0.2) is 0 Å². The molecule has 2 fully saturated rings. The average Bonchev–Trinajstić information content (AvgIpc) is 2.56. The van der Waals surface area contributed by atoms with Gasteiger partial charge in [0.25, 0.3) is 0 Å². The van der Waals surface area contributed by atoms with Gasteiger partial charge in [-0.15, -0.1) is 0 Å². The molecule has 0 bridgehead atoms. The highest BCUT2D eigenvalue weighted by Gasteiger charge is 2.51. The maximum absolute atomic E-state index is 12.7. The Balaban J connectivity index is 2.15. The monoisotopic (exact) mass is 266 g/mol. The third-order valence-electron chi connectivity index (χ3n) is 4.69. The molecule has 1 saturated carbocycles. The standard InChI is InChI=1S/C15H26N2O2/c1-14(2,10-16)11-17-12(18)9-15(13(17)19)7-5-3-4-6-8-15/h3-11,16H2,1-2H3. The van der Waals surface area contributed by atoms with Crippen molar-refractivity contribution in [2.45, 2.75) is 58.8 Å². The molecule has 1 heterocycles. The summed E-state index contributed by atoms with van der Waals surface area (Å²) in [6.07, 6.45) is 6.73. The molecule has 1 saturated heterocycles. The lowest BCUT2D eigenvalue weighted by Gasteiger charge is -2.30. The number of hydrogen-bond acceptors (Lipinski definition) is 3. The Morgan fingerprint density at radius 3 is 2.26 bits per heavy atom. The van der Waals surface area contributed by atoms with Crippen molar-refractivity contribution in [1.82, 2.24) is 4.90 Å². The van der Waals surface area contributed by atoms with E-state index in [4.69, 9.17) is 5.73 Å². The zero-order valence-corrected chi connectivity index (χ0v) is 12.2. The van der Waals surface area contributed by atoms with Crippen LogP contribution in [0.4, 0.5) is 0 Å². The van der Waals surface area contributed by atoms with Crippen LogP contribution in [0.2, 0.25) is 0 Å². The Hall–Kier alpha value is -0.900. The van der Waals surface area contributed by atoms with Gasteiger partial charge in [0.05, 0.1) is 5.41 Å². The number of nitrogens with zero attached hydrogens (tertiary/aromatic N) is 1. The lowest BCUT2D eigenvalue weighted by Crippen LogP contribution is -2.43. The largest absolute Gasteiger partial charge is 0.330 e. The number of nitrogens with two attached hydrogens (primary N) is 1. The van der Waals surface area contributed by atoms with Crippen molar-refractivity contribution in [2.75, 3.05) is 13.1 Å². The SMILES string of the molecule is CC(C)(CN)CN1C(=O)CC2(CCCCCC2)C1=O. The van der Waals surface area contributed by atoms with E-state index in [1.165, 1.54) is 17.7 Å². The van der Waals surface area contributed by atoms with E-state index in [9.17, 15) is 9.59 Å². The molecule has 108 valence electrons. The Bertz CT molecular complexity index is 368. The summed E-state index contributed by atoms with van der Waals surface area (Å²) in [5, 5.41) is 0. The van der Waals surface area contributed by atoms with Crippen molar-refractivity contribution in [2.24, 2.45) is 16.6 Å². The smallest absolute Gasteiger partial charge is 0.235 e. The first-order valence-electron chi connectivity index (χ1n) is 7.45. The van der Waals surface area contributed by atoms with Gasteiger partial charge in [-0.2, -0.15) is 0 Å². The third kappa shape index (κ3) is 2.83. The summed E-state index contributed by atoms with van der Waals surface area (Å²) >= 11 is 0. The van der Waals surface area contributed by atoms with Crippen LogP contribution in [0.1, 0.15) is 58.8 Å². The fraction of sp³-hybridized carbons (Fsp3) is 0.867. The summed E-state index contributed by atoms with van der Waals surface area (Å²) in [5.41, 5.74) is 5.15. The van der Waals surface area contributed by atoms with Crippen LogP contribution in [-0.4, -0.2) is 29.8 Å². The second-order valence-corrected chi connectivity index (χ2v) is 7.02.